The molecular weight excluding hydrogens is 198 g/mol. The maximum atomic E-state index is 11.0. The second-order valence-electron chi connectivity index (χ2n) is 3.18. The van der Waals surface area contributed by atoms with Crippen molar-refractivity contribution in [3.05, 3.63) is 23.8 Å². The first kappa shape index (κ1) is 9.95. The van der Waals surface area contributed by atoms with Gasteiger partial charge < -0.3 is 21.1 Å². The summed E-state index contributed by atoms with van der Waals surface area (Å²) in [5.41, 5.74) is 5.32. The Balaban J connectivity index is 3.16. The molecule has 5 heteroatoms. The van der Waals surface area contributed by atoms with Crippen molar-refractivity contribution >= 4 is 5.78 Å². The molecule has 0 aliphatic carbocycles. The summed E-state index contributed by atoms with van der Waals surface area (Å²) in [6.07, 6.45) is -2.34. The number of Topliss-reactive ketones (excluding diaryl/α,β-unsaturated/α-hetero) is 1. The average molecular weight is 212 g/mol. The number of aromatic hydroxyl groups is 2. The van der Waals surface area contributed by atoms with Gasteiger partial charge in [-0.25, -0.2) is 0 Å². The highest BCUT2D eigenvalue weighted by Gasteiger charge is 2.21. The first-order valence-corrected chi connectivity index (χ1v) is 4.27. The first-order chi connectivity index (χ1) is 7.26. The largest absolute Gasteiger partial charge is 0.504 e. The van der Waals surface area contributed by atoms with Crippen LogP contribution in [0.4, 0.5) is 0 Å². The van der Waals surface area contributed by atoms with Gasteiger partial charge in [-0.1, -0.05) is 6.07 Å². The number of rotatable bonds is 3. The molecule has 0 aliphatic heterocycles. The van der Waals surface area contributed by atoms with Crippen LogP contribution in [0, 0.1) is 0 Å². The van der Waals surface area contributed by atoms with Crippen molar-refractivity contribution in [2.45, 2.75) is 19.0 Å². The van der Waals surface area contributed by atoms with E-state index in [0.29, 0.717) is 0 Å². The summed E-state index contributed by atoms with van der Waals surface area (Å²) in [5, 5.41) is 28.0. The topological polar surface area (TPSA) is 104 Å². The molecule has 0 fully saturated rings. The minimum absolute atomic E-state index is 0.0644. The van der Waals surface area contributed by atoms with Crippen LogP contribution in [0.15, 0.2) is 18.2 Å². The van der Waals surface area contributed by atoms with Crippen molar-refractivity contribution in [3.63, 3.8) is 0 Å². The molecule has 0 spiro atoms. The van der Waals surface area contributed by atoms with E-state index in [1.165, 1.54) is 6.07 Å². The van der Waals surface area contributed by atoms with Crippen LogP contribution in [-0.4, -0.2) is 27.1 Å². The Hall–Kier alpha value is -1.59. The van der Waals surface area contributed by atoms with Gasteiger partial charge in [0.05, 0.1) is 7.41 Å². The van der Waals surface area contributed by atoms with E-state index in [-0.39, 0.29) is 11.3 Å². The highest BCUT2D eigenvalue weighted by atomic mass is 16.3. The molecular formula is C10H13NO4. The number of benzene rings is 1. The van der Waals surface area contributed by atoms with Crippen LogP contribution in [-0.2, 0) is 4.79 Å². The van der Waals surface area contributed by atoms with Crippen molar-refractivity contribution < 1.29 is 21.5 Å². The number of hydrogen-bond donors (Lipinski definition) is 4. The van der Waals surface area contributed by atoms with Crippen LogP contribution in [0.25, 0.3) is 0 Å². The molecule has 0 aromatic heterocycles. The normalized spacial score (nSPS) is 17.7. The fourth-order valence-electron chi connectivity index (χ4n) is 1.05. The van der Waals surface area contributed by atoms with E-state index in [1.807, 2.05) is 0 Å². The van der Waals surface area contributed by atoms with Gasteiger partial charge in [0.1, 0.15) is 11.9 Å². The molecule has 0 radical (unpaired) electrons. The first-order valence-electron chi connectivity index (χ1n) is 4.77. The molecule has 0 aliphatic rings. The molecule has 0 amide bonds. The Morgan fingerprint density at radius 2 is 2.07 bits per heavy atom. The number of ketones is 1. The molecule has 5 N–H and O–H groups in total. The monoisotopic (exact) mass is 212 g/mol. The van der Waals surface area contributed by atoms with E-state index < -0.39 is 23.7 Å². The highest BCUT2D eigenvalue weighted by molar-refractivity contribution is 5.82. The lowest BCUT2D eigenvalue weighted by molar-refractivity contribution is -0.120. The maximum absolute atomic E-state index is 11.0. The van der Waals surface area contributed by atoms with Gasteiger partial charge in [0, 0.05) is 0 Å². The van der Waals surface area contributed by atoms with E-state index in [2.05, 4.69) is 0 Å². The summed E-state index contributed by atoms with van der Waals surface area (Å²) >= 11 is 0. The van der Waals surface area contributed by atoms with E-state index >= 15 is 0 Å². The van der Waals surface area contributed by atoms with Crippen LogP contribution in [0.2, 0.25) is 0 Å². The van der Waals surface area contributed by atoms with Crippen LogP contribution < -0.4 is 5.73 Å². The second-order valence-corrected chi connectivity index (χ2v) is 3.18. The standard InChI is InChI=1S/C10H13NO4/c1-5(12)9(11)10(15)6-2-3-7(13)8(14)4-6/h2-4,9-10,13-15H,11H2,1H3/i10D. The van der Waals surface area contributed by atoms with Gasteiger partial charge in [-0.3, -0.25) is 4.79 Å². The van der Waals surface area contributed by atoms with Gasteiger partial charge in [-0.2, -0.15) is 0 Å². The molecule has 1 aromatic rings. The molecule has 1 rings (SSSR count). The van der Waals surface area contributed by atoms with Gasteiger partial charge >= 0.3 is 0 Å². The van der Waals surface area contributed by atoms with Crippen LogP contribution >= 0.6 is 0 Å². The molecule has 0 bridgehead atoms. The number of hydrogen-bond acceptors (Lipinski definition) is 5. The quantitative estimate of drug-likeness (QED) is 0.530. The molecule has 2 unspecified atom stereocenters. The average Bonchev–Trinajstić information content (AvgIpc) is 2.20. The zero-order valence-corrected chi connectivity index (χ0v) is 8.14. The maximum Gasteiger partial charge on any atom is 0.157 e. The minimum atomic E-state index is -2.34. The highest BCUT2D eigenvalue weighted by Crippen LogP contribution is 2.28. The predicted molar refractivity (Wildman–Crippen MR) is 53.4 cm³/mol. The summed E-state index contributed by atoms with van der Waals surface area (Å²) in [7, 11) is 0. The minimum Gasteiger partial charge on any atom is -0.504 e. The lowest BCUT2D eigenvalue weighted by Gasteiger charge is -2.16. The molecule has 0 saturated heterocycles. The van der Waals surface area contributed by atoms with Gasteiger partial charge in [-0.05, 0) is 24.6 Å². The molecule has 1 aromatic carbocycles. The van der Waals surface area contributed by atoms with E-state index in [9.17, 15) is 15.0 Å². The number of carbonyl (C=O) groups is 1. The number of phenolic OH excluding ortho intramolecular Hbond substituents is 2. The van der Waals surface area contributed by atoms with E-state index in [1.54, 1.807) is 0 Å². The van der Waals surface area contributed by atoms with Crippen molar-refractivity contribution in [2.75, 3.05) is 0 Å². The molecule has 0 heterocycles. The van der Waals surface area contributed by atoms with Crippen molar-refractivity contribution in [3.8, 4) is 11.5 Å². The second kappa shape index (κ2) is 4.29. The van der Waals surface area contributed by atoms with Gasteiger partial charge in [0.25, 0.3) is 0 Å². The fourth-order valence-corrected chi connectivity index (χ4v) is 1.05. The van der Waals surface area contributed by atoms with Gasteiger partial charge in [-0.15, -0.1) is 0 Å². The van der Waals surface area contributed by atoms with Crippen molar-refractivity contribution in [1.82, 2.24) is 0 Å². The molecule has 2 atom stereocenters. The Labute approximate surface area is 88.2 Å². The summed E-state index contributed by atoms with van der Waals surface area (Å²) in [6.45, 7) is 1.16. The Morgan fingerprint density at radius 3 is 2.53 bits per heavy atom. The van der Waals surface area contributed by atoms with Crippen molar-refractivity contribution in [2.24, 2.45) is 5.73 Å². The van der Waals surface area contributed by atoms with E-state index in [0.717, 1.165) is 19.1 Å². The Morgan fingerprint density at radius 1 is 1.47 bits per heavy atom. The summed E-state index contributed by atoms with van der Waals surface area (Å²) in [6, 6.07) is 1.89. The summed E-state index contributed by atoms with van der Waals surface area (Å²) < 4.78 is 7.59. The number of aliphatic hydroxyl groups is 1. The zero-order valence-electron chi connectivity index (χ0n) is 9.14. The van der Waals surface area contributed by atoms with Crippen molar-refractivity contribution in [1.29, 1.82) is 0 Å². The van der Waals surface area contributed by atoms with Gasteiger partial charge in [0.15, 0.2) is 11.5 Å². The van der Waals surface area contributed by atoms with E-state index in [4.69, 9.17) is 12.2 Å². The third-order valence-corrected chi connectivity index (χ3v) is 2.00. The molecule has 0 saturated carbocycles. The summed E-state index contributed by atoms with van der Waals surface area (Å²) in [4.78, 5) is 11.0. The predicted octanol–water partition coefficient (Wildman–Crippen LogP) is 0.0475. The van der Waals surface area contributed by atoms with Crippen LogP contribution in [0.5, 0.6) is 11.5 Å². The fraction of sp³-hybridized carbons (Fsp3) is 0.300. The molecule has 82 valence electrons. The van der Waals surface area contributed by atoms with Gasteiger partial charge in [0.2, 0.25) is 0 Å². The SMILES string of the molecule is [2H]C(O)(c1ccc(O)c(O)c1)C(N)C(C)=O. The Kier molecular flexibility index (Phi) is 2.84. The third kappa shape index (κ3) is 2.45. The lowest BCUT2D eigenvalue weighted by Crippen LogP contribution is -2.35. The third-order valence-electron chi connectivity index (χ3n) is 2.00. The van der Waals surface area contributed by atoms with Crippen LogP contribution in [0.3, 0.4) is 0 Å². The number of carbonyl (C=O) groups excluding carboxylic acids is 1. The Bertz CT molecular complexity index is 419. The zero-order chi connectivity index (χ0) is 12.5. The number of nitrogens with two attached hydrogens (primary N) is 1. The smallest absolute Gasteiger partial charge is 0.157 e. The van der Waals surface area contributed by atoms with Crippen LogP contribution in [0.1, 0.15) is 19.9 Å². The molecule has 5 nitrogen and oxygen atoms in total. The number of phenols is 2. The summed E-state index contributed by atoms with van der Waals surface area (Å²) in [5.74, 6) is -1.42. The lowest BCUT2D eigenvalue weighted by atomic mass is 10.00. The molecule has 15 heavy (non-hydrogen) atoms.